The van der Waals surface area contributed by atoms with Crippen LogP contribution < -0.4 is 0 Å². The fourth-order valence-electron chi connectivity index (χ4n) is 4.43. The molecule has 2 heterocycles. The Morgan fingerprint density at radius 1 is 1.17 bits per heavy atom. The van der Waals surface area contributed by atoms with E-state index < -0.39 is 0 Å². The van der Waals surface area contributed by atoms with Gasteiger partial charge in [-0.15, -0.1) is 0 Å². The zero-order valence-electron chi connectivity index (χ0n) is 17.8. The number of carbonyl (C=O) groups is 1. The Hall–Kier alpha value is -2.63. The van der Waals surface area contributed by atoms with Crippen LogP contribution in [-0.4, -0.2) is 48.7 Å². The van der Waals surface area contributed by atoms with Crippen molar-refractivity contribution < 1.29 is 14.3 Å². The van der Waals surface area contributed by atoms with Crippen LogP contribution in [0.3, 0.4) is 0 Å². The Kier molecular flexibility index (Phi) is 6.50. The molecule has 0 unspecified atom stereocenters. The van der Waals surface area contributed by atoms with Crippen LogP contribution in [0.1, 0.15) is 40.0 Å². The van der Waals surface area contributed by atoms with E-state index in [0.29, 0.717) is 11.6 Å². The van der Waals surface area contributed by atoms with Crippen molar-refractivity contribution >= 4 is 16.9 Å². The molecule has 1 saturated heterocycles. The van der Waals surface area contributed by atoms with Gasteiger partial charge in [0.25, 0.3) is 0 Å². The molecule has 5 nitrogen and oxygen atoms in total. The molecule has 1 N–H and O–H groups in total. The van der Waals surface area contributed by atoms with Crippen molar-refractivity contribution in [2.45, 2.75) is 38.8 Å². The van der Waals surface area contributed by atoms with E-state index in [1.165, 1.54) is 18.4 Å². The molecule has 3 aromatic rings. The van der Waals surface area contributed by atoms with Gasteiger partial charge in [-0.3, -0.25) is 4.90 Å². The van der Waals surface area contributed by atoms with Crippen LogP contribution in [0.5, 0.6) is 0 Å². The normalized spacial score (nSPS) is 16.9. The molecule has 158 valence electrons. The predicted octanol–water partition coefficient (Wildman–Crippen LogP) is 4.49. The van der Waals surface area contributed by atoms with E-state index in [-0.39, 0.29) is 12.6 Å². The van der Waals surface area contributed by atoms with Crippen molar-refractivity contribution in [3.05, 3.63) is 70.9 Å². The van der Waals surface area contributed by atoms with Crippen molar-refractivity contribution in [3.8, 4) is 0 Å². The first-order valence-corrected chi connectivity index (χ1v) is 10.7. The van der Waals surface area contributed by atoms with Gasteiger partial charge in [0.1, 0.15) is 6.61 Å². The monoisotopic (exact) mass is 406 g/mol. The van der Waals surface area contributed by atoms with Crippen LogP contribution in [0.25, 0.3) is 10.9 Å². The lowest BCUT2D eigenvalue weighted by Gasteiger charge is -2.23. The summed E-state index contributed by atoms with van der Waals surface area (Å²) in [4.78, 5) is 18.7. The number of hydrogen-bond donors (Lipinski definition) is 1. The van der Waals surface area contributed by atoms with Gasteiger partial charge in [0.2, 0.25) is 0 Å². The minimum absolute atomic E-state index is 0.278. The lowest BCUT2D eigenvalue weighted by molar-refractivity contribution is 0.0474. The number of nitrogens with zero attached hydrogens (tertiary/aromatic N) is 1. The van der Waals surface area contributed by atoms with E-state index in [1.54, 1.807) is 7.11 Å². The number of H-pyrrole nitrogens is 1. The second-order valence-electron chi connectivity index (χ2n) is 8.10. The number of aromatic nitrogens is 1. The number of aryl methyl sites for hydroxylation is 1. The van der Waals surface area contributed by atoms with E-state index in [0.717, 1.165) is 48.3 Å². The Labute approximate surface area is 178 Å². The zero-order valence-corrected chi connectivity index (χ0v) is 17.8. The first kappa shape index (κ1) is 20.6. The minimum atomic E-state index is -0.278. The van der Waals surface area contributed by atoms with Crippen LogP contribution in [0, 0.1) is 6.92 Å². The number of methoxy groups -OCH3 is 1. The number of nitrogens with one attached hydrogen (secondary N) is 1. The van der Waals surface area contributed by atoms with Gasteiger partial charge in [-0.05, 0) is 56.0 Å². The molecule has 2 aromatic carbocycles. The summed E-state index contributed by atoms with van der Waals surface area (Å²) >= 11 is 0. The third kappa shape index (κ3) is 4.58. The van der Waals surface area contributed by atoms with Gasteiger partial charge in [0.05, 0.1) is 12.2 Å². The fraction of sp³-hybridized carbons (Fsp3) is 0.400. The molecule has 1 atom stereocenters. The van der Waals surface area contributed by atoms with Crippen molar-refractivity contribution in [2.24, 2.45) is 0 Å². The highest BCUT2D eigenvalue weighted by Gasteiger charge is 2.24. The molecule has 0 saturated carbocycles. The summed E-state index contributed by atoms with van der Waals surface area (Å²) in [6, 6.07) is 16.7. The number of benzene rings is 2. The molecule has 5 heteroatoms. The van der Waals surface area contributed by atoms with E-state index in [2.05, 4.69) is 28.1 Å². The summed E-state index contributed by atoms with van der Waals surface area (Å²) in [6.07, 6.45) is 3.40. The lowest BCUT2D eigenvalue weighted by Crippen LogP contribution is -2.34. The highest BCUT2D eigenvalue weighted by molar-refractivity contribution is 6.05. The van der Waals surface area contributed by atoms with Crippen molar-refractivity contribution in [2.75, 3.05) is 26.8 Å². The highest BCUT2D eigenvalue weighted by Crippen LogP contribution is 2.25. The smallest absolute Gasteiger partial charge is 0.340 e. The van der Waals surface area contributed by atoms with Gasteiger partial charge in [0, 0.05) is 36.3 Å². The maximum Gasteiger partial charge on any atom is 0.340 e. The van der Waals surface area contributed by atoms with Crippen molar-refractivity contribution in [1.82, 2.24) is 9.88 Å². The number of hydrogen-bond acceptors (Lipinski definition) is 4. The fourth-order valence-corrected chi connectivity index (χ4v) is 4.43. The molecule has 0 amide bonds. The Morgan fingerprint density at radius 3 is 2.80 bits per heavy atom. The summed E-state index contributed by atoms with van der Waals surface area (Å²) in [5.41, 5.74) is 4.68. The summed E-state index contributed by atoms with van der Waals surface area (Å²) in [5, 5.41) is 0.943. The molecule has 1 aromatic heterocycles. The first-order chi connectivity index (χ1) is 14.7. The summed E-state index contributed by atoms with van der Waals surface area (Å²) in [7, 11) is 1.77. The Balaban J connectivity index is 1.47. The second kappa shape index (κ2) is 9.45. The number of likely N-dealkylation sites (tertiary alicyclic amines) is 1. The van der Waals surface area contributed by atoms with Crippen molar-refractivity contribution in [1.29, 1.82) is 0 Å². The summed E-state index contributed by atoms with van der Waals surface area (Å²) in [6.45, 7) is 5.15. The number of rotatable bonds is 8. The summed E-state index contributed by atoms with van der Waals surface area (Å²) in [5.74, 6) is -0.278. The van der Waals surface area contributed by atoms with Crippen LogP contribution in [0.2, 0.25) is 0 Å². The molecule has 0 bridgehead atoms. The standard InChI is InChI=1S/C25H30N2O3/c1-18-24(25(28)30-16-20-7-4-3-5-8-20)22-15-19(10-11-23(22)26-18)12-14-27-13-6-9-21(27)17-29-2/h3-5,7-8,10-11,15,21,26H,6,9,12-14,16-17H2,1-2H3/t21-/m1/s1. The van der Waals surface area contributed by atoms with Crippen molar-refractivity contribution in [3.63, 3.8) is 0 Å². The van der Waals surface area contributed by atoms with E-state index in [9.17, 15) is 4.79 Å². The lowest BCUT2D eigenvalue weighted by atomic mass is 10.1. The van der Waals surface area contributed by atoms with E-state index in [1.807, 2.05) is 37.3 Å². The largest absolute Gasteiger partial charge is 0.457 e. The topological polar surface area (TPSA) is 54.6 Å². The second-order valence-corrected chi connectivity index (χ2v) is 8.10. The number of ether oxygens (including phenoxy) is 2. The molecule has 1 aliphatic rings. The van der Waals surface area contributed by atoms with Gasteiger partial charge in [-0.1, -0.05) is 36.4 Å². The van der Waals surface area contributed by atoms with Gasteiger partial charge in [-0.25, -0.2) is 4.79 Å². The third-order valence-corrected chi connectivity index (χ3v) is 6.01. The van der Waals surface area contributed by atoms with Gasteiger partial charge >= 0.3 is 5.97 Å². The third-order valence-electron chi connectivity index (χ3n) is 6.01. The molecular weight excluding hydrogens is 376 g/mol. The minimum Gasteiger partial charge on any atom is -0.457 e. The zero-order chi connectivity index (χ0) is 20.9. The SMILES string of the molecule is COC[C@H]1CCCN1CCc1ccc2[nH]c(C)c(C(=O)OCc3ccccc3)c2c1. The average Bonchev–Trinajstić information content (AvgIpc) is 3.34. The van der Waals surface area contributed by atoms with Gasteiger partial charge in [0.15, 0.2) is 0 Å². The number of aromatic amines is 1. The average molecular weight is 407 g/mol. The van der Waals surface area contributed by atoms with Crippen LogP contribution in [0.15, 0.2) is 48.5 Å². The van der Waals surface area contributed by atoms with Crippen LogP contribution >= 0.6 is 0 Å². The van der Waals surface area contributed by atoms with Gasteiger partial charge < -0.3 is 14.5 Å². The molecular formula is C25H30N2O3. The Bertz CT molecular complexity index is 996. The molecule has 1 aliphatic heterocycles. The number of esters is 1. The maximum absolute atomic E-state index is 12.8. The molecule has 1 fully saturated rings. The van der Waals surface area contributed by atoms with E-state index >= 15 is 0 Å². The van der Waals surface area contributed by atoms with Gasteiger partial charge in [-0.2, -0.15) is 0 Å². The quantitative estimate of drug-likeness (QED) is 0.560. The Morgan fingerprint density at radius 2 is 2.00 bits per heavy atom. The van der Waals surface area contributed by atoms with Crippen LogP contribution in [0.4, 0.5) is 0 Å². The molecule has 30 heavy (non-hydrogen) atoms. The number of fused-ring (bicyclic) bond motifs is 1. The molecule has 0 spiro atoms. The summed E-state index contributed by atoms with van der Waals surface area (Å²) < 4.78 is 11.0. The maximum atomic E-state index is 12.8. The highest BCUT2D eigenvalue weighted by atomic mass is 16.5. The number of carbonyl (C=O) groups excluding carboxylic acids is 1. The molecule has 4 rings (SSSR count). The predicted molar refractivity (Wildman–Crippen MR) is 119 cm³/mol. The molecule has 0 radical (unpaired) electrons. The molecule has 0 aliphatic carbocycles. The van der Waals surface area contributed by atoms with E-state index in [4.69, 9.17) is 9.47 Å². The van der Waals surface area contributed by atoms with Crippen LogP contribution in [-0.2, 0) is 22.5 Å². The first-order valence-electron chi connectivity index (χ1n) is 10.7.